The van der Waals surface area contributed by atoms with E-state index in [-0.39, 0.29) is 10.5 Å². The number of rotatable bonds is 6. The first-order chi connectivity index (χ1) is 12.9. The van der Waals surface area contributed by atoms with E-state index >= 15 is 0 Å². The molecule has 0 fully saturated rings. The van der Waals surface area contributed by atoms with Crippen molar-refractivity contribution in [3.05, 3.63) is 46.6 Å². The number of aryl methyl sites for hydroxylation is 1. The third kappa shape index (κ3) is 3.75. The molecule has 0 amide bonds. The summed E-state index contributed by atoms with van der Waals surface area (Å²) in [7, 11) is 1.47. The average molecular weight is 398 g/mol. The van der Waals surface area contributed by atoms with Crippen LogP contribution in [0.1, 0.15) is 24.0 Å². The molecule has 4 nitrogen and oxygen atoms in total. The number of nitrogens with zero attached hydrogens (tertiary/aromatic N) is 1. The molecule has 8 heteroatoms. The second kappa shape index (κ2) is 7.78. The molecule has 2 heterocycles. The Hall–Kier alpha value is -2.25. The van der Waals surface area contributed by atoms with Gasteiger partial charge in [-0.25, -0.2) is 4.98 Å². The van der Waals surface area contributed by atoms with E-state index in [0.29, 0.717) is 41.1 Å². The fourth-order valence-electron chi connectivity index (χ4n) is 3.23. The number of nitrogens with one attached hydrogen (secondary N) is 1. The molecule has 2 aromatic heterocycles. The van der Waals surface area contributed by atoms with Gasteiger partial charge in [0.1, 0.15) is 0 Å². The number of unbranched alkanes of at least 4 members (excludes halogenated alkanes) is 1. The van der Waals surface area contributed by atoms with E-state index in [0.717, 1.165) is 18.9 Å². The number of halogens is 4. The first-order valence-electron chi connectivity index (χ1n) is 8.48. The molecule has 3 N–H and O–H groups in total. The highest BCUT2D eigenvalue weighted by molar-refractivity contribution is 6.36. The van der Waals surface area contributed by atoms with Gasteiger partial charge in [0, 0.05) is 11.6 Å². The number of benzene rings is 1. The van der Waals surface area contributed by atoms with E-state index in [2.05, 4.69) is 9.97 Å². The zero-order valence-electron chi connectivity index (χ0n) is 14.7. The zero-order valence-corrected chi connectivity index (χ0v) is 15.4. The molecule has 3 aromatic rings. The van der Waals surface area contributed by atoms with Crippen molar-refractivity contribution >= 4 is 22.5 Å². The molecule has 0 radical (unpaired) electrons. The van der Waals surface area contributed by atoms with Gasteiger partial charge in [-0.15, -0.1) is 0 Å². The number of hydrogen-bond donors (Lipinski definition) is 2. The first kappa shape index (κ1) is 19.5. The smallest absolute Gasteiger partial charge is 0.418 e. The zero-order chi connectivity index (χ0) is 19.6. The number of hydrogen-bond acceptors (Lipinski definition) is 3. The lowest BCUT2D eigenvalue weighted by molar-refractivity contribution is -0.136. The van der Waals surface area contributed by atoms with Crippen LogP contribution in [0.2, 0.25) is 5.02 Å². The van der Waals surface area contributed by atoms with Crippen LogP contribution < -0.4 is 10.5 Å². The van der Waals surface area contributed by atoms with Gasteiger partial charge >= 0.3 is 6.18 Å². The largest absolute Gasteiger partial charge is 0.481 e. The van der Waals surface area contributed by atoms with Gasteiger partial charge in [0.25, 0.3) is 0 Å². The molecule has 144 valence electrons. The summed E-state index contributed by atoms with van der Waals surface area (Å²) in [5.74, 6) is 0.328. The molecule has 0 atom stereocenters. The SMILES string of the molecule is COc1ncccc1-c1[nH]c2c(C(F)(F)F)ccc(Cl)c2c1CCCCN. The summed E-state index contributed by atoms with van der Waals surface area (Å²) in [6.07, 6.45) is -0.921. The van der Waals surface area contributed by atoms with Gasteiger partial charge < -0.3 is 15.5 Å². The van der Waals surface area contributed by atoms with Gasteiger partial charge in [0.2, 0.25) is 5.88 Å². The molecule has 1 aromatic carbocycles. The molecule has 0 bridgehead atoms. The number of nitrogens with two attached hydrogens (primary N) is 1. The van der Waals surface area contributed by atoms with Crippen LogP contribution in [-0.4, -0.2) is 23.6 Å². The maximum absolute atomic E-state index is 13.5. The number of aromatic amines is 1. The highest BCUT2D eigenvalue weighted by atomic mass is 35.5. The fourth-order valence-corrected chi connectivity index (χ4v) is 3.51. The minimum Gasteiger partial charge on any atom is -0.481 e. The molecular weight excluding hydrogens is 379 g/mol. The van der Waals surface area contributed by atoms with Crippen LogP contribution in [0.4, 0.5) is 13.2 Å². The van der Waals surface area contributed by atoms with Gasteiger partial charge in [-0.05, 0) is 55.6 Å². The van der Waals surface area contributed by atoms with Gasteiger partial charge in [-0.3, -0.25) is 0 Å². The Labute approximate surface area is 159 Å². The summed E-state index contributed by atoms with van der Waals surface area (Å²) >= 11 is 6.31. The number of pyridine rings is 1. The lowest BCUT2D eigenvalue weighted by Gasteiger charge is -2.09. The summed E-state index contributed by atoms with van der Waals surface area (Å²) < 4.78 is 45.9. The first-order valence-corrected chi connectivity index (χ1v) is 8.86. The summed E-state index contributed by atoms with van der Waals surface area (Å²) in [5, 5.41) is 0.649. The number of aromatic nitrogens is 2. The molecule has 0 aliphatic heterocycles. The molecule has 0 spiro atoms. The lowest BCUT2D eigenvalue weighted by Crippen LogP contribution is -2.05. The van der Waals surface area contributed by atoms with Crippen LogP contribution in [-0.2, 0) is 12.6 Å². The maximum atomic E-state index is 13.5. The van der Waals surface area contributed by atoms with Crippen molar-refractivity contribution < 1.29 is 17.9 Å². The number of H-pyrrole nitrogens is 1. The van der Waals surface area contributed by atoms with Crippen LogP contribution >= 0.6 is 11.6 Å². The second-order valence-electron chi connectivity index (χ2n) is 6.13. The van der Waals surface area contributed by atoms with Gasteiger partial charge in [0.05, 0.1) is 34.5 Å². The second-order valence-corrected chi connectivity index (χ2v) is 6.53. The summed E-state index contributed by atoms with van der Waals surface area (Å²) in [6, 6.07) is 5.75. The molecule has 3 rings (SSSR count). The number of methoxy groups -OCH3 is 1. The van der Waals surface area contributed by atoms with E-state index in [4.69, 9.17) is 22.1 Å². The standard InChI is InChI=1S/C19H19ClF3N3O/c1-27-18-12(6-4-10-25-18)16-11(5-2-3-9-24)15-14(20)8-7-13(17(15)26-16)19(21,22)23/h4,6-8,10,26H,2-3,5,9,24H2,1H3. The van der Waals surface area contributed by atoms with Crippen LogP contribution in [0.5, 0.6) is 5.88 Å². The van der Waals surface area contributed by atoms with Crippen molar-refractivity contribution in [3.8, 4) is 17.1 Å². The number of fused-ring (bicyclic) bond motifs is 1. The highest BCUT2D eigenvalue weighted by Crippen LogP contribution is 2.43. The monoisotopic (exact) mass is 397 g/mol. The normalized spacial score (nSPS) is 11.9. The van der Waals surface area contributed by atoms with Gasteiger partial charge in [0.15, 0.2) is 0 Å². The van der Waals surface area contributed by atoms with E-state index < -0.39 is 11.7 Å². The van der Waals surface area contributed by atoms with Crippen molar-refractivity contribution in [2.24, 2.45) is 5.73 Å². The molecule has 0 aliphatic carbocycles. The van der Waals surface area contributed by atoms with E-state index in [1.54, 1.807) is 18.3 Å². The Morgan fingerprint density at radius 2 is 2.00 bits per heavy atom. The fraction of sp³-hybridized carbons (Fsp3) is 0.316. The molecule has 0 aliphatic rings. The van der Waals surface area contributed by atoms with Crippen LogP contribution in [0.25, 0.3) is 22.2 Å². The van der Waals surface area contributed by atoms with Gasteiger partial charge in [-0.1, -0.05) is 11.6 Å². The third-order valence-corrected chi connectivity index (χ3v) is 4.74. The Kier molecular flexibility index (Phi) is 5.62. The topological polar surface area (TPSA) is 63.9 Å². The van der Waals surface area contributed by atoms with Gasteiger partial charge in [-0.2, -0.15) is 13.2 Å². The Bertz CT molecular complexity index is 953. The van der Waals surface area contributed by atoms with Crippen LogP contribution in [0.3, 0.4) is 0 Å². The predicted octanol–water partition coefficient (Wildman–Crippen LogP) is 5.19. The lowest BCUT2D eigenvalue weighted by atomic mass is 9.99. The van der Waals surface area contributed by atoms with E-state index in [9.17, 15) is 13.2 Å². The molecule has 27 heavy (non-hydrogen) atoms. The maximum Gasteiger partial charge on any atom is 0.418 e. The summed E-state index contributed by atoms with van der Waals surface area (Å²) in [6.45, 7) is 0.509. The van der Waals surface area contributed by atoms with Crippen molar-refractivity contribution in [2.75, 3.05) is 13.7 Å². The third-order valence-electron chi connectivity index (χ3n) is 4.43. The minimum absolute atomic E-state index is 0.0290. The highest BCUT2D eigenvalue weighted by Gasteiger charge is 2.35. The molecule has 0 saturated carbocycles. The van der Waals surface area contributed by atoms with Crippen LogP contribution in [0.15, 0.2) is 30.5 Å². The summed E-state index contributed by atoms with van der Waals surface area (Å²) in [4.78, 5) is 7.10. The Morgan fingerprint density at radius 1 is 1.22 bits per heavy atom. The van der Waals surface area contributed by atoms with Crippen LogP contribution in [0, 0.1) is 0 Å². The quantitative estimate of drug-likeness (QED) is 0.562. The Morgan fingerprint density at radius 3 is 2.67 bits per heavy atom. The van der Waals surface area contributed by atoms with Crippen molar-refractivity contribution in [1.82, 2.24) is 9.97 Å². The van der Waals surface area contributed by atoms with Crippen molar-refractivity contribution in [3.63, 3.8) is 0 Å². The predicted molar refractivity (Wildman–Crippen MR) is 100 cm³/mol. The molecule has 0 saturated heterocycles. The van der Waals surface area contributed by atoms with Crippen molar-refractivity contribution in [1.29, 1.82) is 0 Å². The number of alkyl halides is 3. The minimum atomic E-state index is -4.50. The average Bonchev–Trinajstić information content (AvgIpc) is 3.01. The molecule has 0 unspecified atom stereocenters. The molecular formula is C19H19ClF3N3O. The summed E-state index contributed by atoms with van der Waals surface area (Å²) in [5.41, 5.74) is 6.62. The van der Waals surface area contributed by atoms with E-state index in [1.807, 2.05) is 0 Å². The number of ether oxygens (including phenoxy) is 1. The van der Waals surface area contributed by atoms with Crippen molar-refractivity contribution in [2.45, 2.75) is 25.4 Å². The van der Waals surface area contributed by atoms with E-state index in [1.165, 1.54) is 13.2 Å². The Balaban J connectivity index is 2.31.